The number of nitro benzene ring substituents is 1. The van der Waals surface area contributed by atoms with Gasteiger partial charge in [-0.25, -0.2) is 0 Å². The van der Waals surface area contributed by atoms with E-state index in [2.05, 4.69) is 0 Å². The summed E-state index contributed by atoms with van der Waals surface area (Å²) in [5.74, 6) is 0.837. The monoisotopic (exact) mass is 303 g/mol. The number of nitrogens with zero attached hydrogens (tertiary/aromatic N) is 1. The van der Waals surface area contributed by atoms with Gasteiger partial charge in [-0.05, 0) is 35.7 Å². The smallest absolute Gasteiger partial charge is 0.269 e. The van der Waals surface area contributed by atoms with E-state index >= 15 is 0 Å². The van der Waals surface area contributed by atoms with Crippen LogP contribution >= 0.6 is 11.6 Å². The van der Waals surface area contributed by atoms with Crippen molar-refractivity contribution < 1.29 is 9.66 Å². The van der Waals surface area contributed by atoms with Gasteiger partial charge in [0.05, 0.1) is 4.92 Å². The second-order valence-corrected chi connectivity index (χ2v) is 5.72. The van der Waals surface area contributed by atoms with E-state index in [1.165, 1.54) is 12.1 Å². The van der Waals surface area contributed by atoms with Crippen LogP contribution < -0.4 is 4.74 Å². The highest BCUT2D eigenvalue weighted by Gasteiger charge is 2.24. The van der Waals surface area contributed by atoms with Gasteiger partial charge < -0.3 is 4.74 Å². The first kappa shape index (κ1) is 13.9. The molecule has 2 aromatic rings. The molecule has 0 unspecified atom stereocenters. The summed E-state index contributed by atoms with van der Waals surface area (Å²) in [6, 6.07) is 14.3. The molecule has 0 radical (unpaired) electrons. The Kier molecular flexibility index (Phi) is 3.80. The molecule has 0 amide bonds. The molecule has 0 saturated carbocycles. The molecule has 21 heavy (non-hydrogen) atoms. The van der Waals surface area contributed by atoms with Crippen LogP contribution in [-0.4, -0.2) is 10.3 Å². The molecule has 0 fully saturated rings. The zero-order valence-corrected chi connectivity index (χ0v) is 12.0. The van der Waals surface area contributed by atoms with Gasteiger partial charge in [0.15, 0.2) is 0 Å². The molecule has 3 rings (SSSR count). The number of ether oxygens (including phenoxy) is 1. The number of alkyl halides is 1. The molecule has 2 atom stereocenters. The summed E-state index contributed by atoms with van der Waals surface area (Å²) in [7, 11) is 0. The van der Waals surface area contributed by atoms with E-state index in [9.17, 15) is 10.1 Å². The summed E-state index contributed by atoms with van der Waals surface area (Å²) in [5, 5.41) is 10.7. The van der Waals surface area contributed by atoms with Crippen molar-refractivity contribution in [2.45, 2.75) is 24.3 Å². The van der Waals surface area contributed by atoms with Crippen LogP contribution in [0.2, 0.25) is 0 Å². The molecule has 0 N–H and O–H groups in total. The van der Waals surface area contributed by atoms with Crippen molar-refractivity contribution in [2.24, 2.45) is 0 Å². The third-order valence-electron chi connectivity index (χ3n) is 3.63. The second kappa shape index (κ2) is 5.74. The van der Waals surface area contributed by atoms with Crippen LogP contribution in [0.4, 0.5) is 5.69 Å². The quantitative estimate of drug-likeness (QED) is 0.473. The van der Waals surface area contributed by atoms with Crippen molar-refractivity contribution in [3.63, 3.8) is 0 Å². The SMILES string of the molecule is O=[N+]([O-])c1ccc([C@@H]2C[C@@H](Cl)Cc3ccccc3O2)cc1. The number of rotatable bonds is 2. The number of nitro groups is 1. The fourth-order valence-corrected chi connectivity index (χ4v) is 2.89. The fourth-order valence-electron chi connectivity index (χ4n) is 2.56. The summed E-state index contributed by atoms with van der Waals surface area (Å²) in [5.41, 5.74) is 2.08. The minimum Gasteiger partial charge on any atom is -0.485 e. The number of hydrogen-bond donors (Lipinski definition) is 0. The van der Waals surface area contributed by atoms with Crippen molar-refractivity contribution in [1.82, 2.24) is 0 Å². The van der Waals surface area contributed by atoms with E-state index in [1.807, 2.05) is 24.3 Å². The first-order valence-corrected chi connectivity index (χ1v) is 7.20. The highest BCUT2D eigenvalue weighted by Crippen LogP contribution is 2.35. The third-order valence-corrected chi connectivity index (χ3v) is 3.96. The zero-order valence-electron chi connectivity index (χ0n) is 11.2. The molecule has 0 spiro atoms. The maximum atomic E-state index is 10.7. The largest absolute Gasteiger partial charge is 0.485 e. The average molecular weight is 304 g/mol. The Morgan fingerprint density at radius 3 is 2.57 bits per heavy atom. The fraction of sp³-hybridized carbons (Fsp3) is 0.250. The number of halogens is 1. The van der Waals surface area contributed by atoms with Crippen molar-refractivity contribution >= 4 is 17.3 Å². The van der Waals surface area contributed by atoms with Crippen LogP contribution in [0.5, 0.6) is 5.75 Å². The van der Waals surface area contributed by atoms with Gasteiger partial charge in [0.2, 0.25) is 0 Å². The summed E-state index contributed by atoms with van der Waals surface area (Å²) >= 11 is 6.39. The standard InChI is InChI=1S/C16H14ClNO3/c17-13-9-12-3-1-2-4-15(12)21-16(10-13)11-5-7-14(8-6-11)18(19)20/h1-8,13,16H,9-10H2/t13-,16-/m0/s1. The number of para-hydroxylation sites is 1. The van der Waals surface area contributed by atoms with Gasteiger partial charge >= 0.3 is 0 Å². The Bertz CT molecular complexity index is 657. The average Bonchev–Trinajstić information content (AvgIpc) is 2.65. The van der Waals surface area contributed by atoms with E-state index < -0.39 is 4.92 Å². The topological polar surface area (TPSA) is 52.4 Å². The van der Waals surface area contributed by atoms with Gasteiger partial charge in [0.25, 0.3) is 5.69 Å². The van der Waals surface area contributed by atoms with Crippen LogP contribution in [0.1, 0.15) is 23.7 Å². The molecule has 0 aliphatic carbocycles. The number of fused-ring (bicyclic) bond motifs is 1. The second-order valence-electron chi connectivity index (χ2n) is 5.10. The molecule has 0 bridgehead atoms. The highest BCUT2D eigenvalue weighted by atomic mass is 35.5. The molecule has 1 aliphatic heterocycles. The molecule has 2 aromatic carbocycles. The van der Waals surface area contributed by atoms with E-state index in [0.717, 1.165) is 23.3 Å². The lowest BCUT2D eigenvalue weighted by Gasteiger charge is -2.18. The number of hydrogen-bond acceptors (Lipinski definition) is 3. The van der Waals surface area contributed by atoms with Crippen LogP contribution in [0, 0.1) is 10.1 Å². The van der Waals surface area contributed by atoms with Crippen molar-refractivity contribution in [2.75, 3.05) is 0 Å². The Hall–Kier alpha value is -2.07. The first-order valence-electron chi connectivity index (χ1n) is 6.76. The third kappa shape index (κ3) is 3.00. The normalized spacial score (nSPS) is 21.0. The van der Waals surface area contributed by atoms with Gasteiger partial charge in [-0.1, -0.05) is 18.2 Å². The number of benzene rings is 2. The molecule has 0 aromatic heterocycles. The first-order chi connectivity index (χ1) is 10.1. The molecular formula is C16H14ClNO3. The van der Waals surface area contributed by atoms with Crippen LogP contribution in [-0.2, 0) is 6.42 Å². The lowest BCUT2D eigenvalue weighted by Crippen LogP contribution is -2.11. The Morgan fingerprint density at radius 2 is 1.86 bits per heavy atom. The van der Waals surface area contributed by atoms with Gasteiger partial charge in [-0.3, -0.25) is 10.1 Å². The Balaban J connectivity index is 1.90. The Labute approximate surface area is 127 Å². The van der Waals surface area contributed by atoms with Gasteiger partial charge in [0.1, 0.15) is 11.9 Å². The van der Waals surface area contributed by atoms with Crippen LogP contribution in [0.15, 0.2) is 48.5 Å². The van der Waals surface area contributed by atoms with Crippen LogP contribution in [0.25, 0.3) is 0 Å². The minimum absolute atomic E-state index is 0.0196. The molecule has 4 nitrogen and oxygen atoms in total. The maximum Gasteiger partial charge on any atom is 0.269 e. The predicted octanol–water partition coefficient (Wildman–Crippen LogP) is 4.27. The molecule has 5 heteroatoms. The van der Waals surface area contributed by atoms with E-state index in [1.54, 1.807) is 12.1 Å². The molecular weight excluding hydrogens is 290 g/mol. The van der Waals surface area contributed by atoms with Crippen molar-refractivity contribution in [3.8, 4) is 5.75 Å². The lowest BCUT2D eigenvalue weighted by molar-refractivity contribution is -0.384. The molecule has 0 saturated heterocycles. The van der Waals surface area contributed by atoms with E-state index in [-0.39, 0.29) is 17.2 Å². The molecule has 108 valence electrons. The Morgan fingerprint density at radius 1 is 1.14 bits per heavy atom. The zero-order chi connectivity index (χ0) is 14.8. The van der Waals surface area contributed by atoms with Crippen molar-refractivity contribution in [1.29, 1.82) is 0 Å². The highest BCUT2D eigenvalue weighted by molar-refractivity contribution is 6.20. The summed E-state index contributed by atoms with van der Waals surface area (Å²) in [6.07, 6.45) is 1.26. The maximum absolute atomic E-state index is 10.7. The number of non-ortho nitro benzene ring substituents is 1. The predicted molar refractivity (Wildman–Crippen MR) is 80.9 cm³/mol. The van der Waals surface area contributed by atoms with Gasteiger partial charge in [-0.15, -0.1) is 11.6 Å². The molecule has 1 aliphatic rings. The summed E-state index contributed by atoms with van der Waals surface area (Å²) in [6.45, 7) is 0. The van der Waals surface area contributed by atoms with Crippen LogP contribution in [0.3, 0.4) is 0 Å². The minimum atomic E-state index is -0.405. The summed E-state index contributed by atoms with van der Waals surface area (Å²) in [4.78, 5) is 10.3. The van der Waals surface area contributed by atoms with Gasteiger partial charge in [-0.2, -0.15) is 0 Å². The van der Waals surface area contributed by atoms with Gasteiger partial charge in [0, 0.05) is 23.9 Å². The van der Waals surface area contributed by atoms with E-state index in [0.29, 0.717) is 6.42 Å². The molecule has 1 heterocycles. The van der Waals surface area contributed by atoms with Crippen molar-refractivity contribution in [3.05, 3.63) is 69.8 Å². The summed E-state index contributed by atoms with van der Waals surface area (Å²) < 4.78 is 6.06. The lowest BCUT2D eigenvalue weighted by atomic mass is 10.0. The van der Waals surface area contributed by atoms with E-state index in [4.69, 9.17) is 16.3 Å².